The smallest absolute Gasteiger partial charge is 0.334 e. The van der Waals surface area contributed by atoms with E-state index in [1.54, 1.807) is 4.90 Å². The second-order valence-electron chi connectivity index (χ2n) is 4.50. The highest BCUT2D eigenvalue weighted by molar-refractivity contribution is 5.76. The van der Waals surface area contributed by atoms with E-state index >= 15 is 0 Å². The average Bonchev–Trinajstić information content (AvgIpc) is 2.44. The van der Waals surface area contributed by atoms with Gasteiger partial charge in [-0.2, -0.15) is 0 Å². The van der Waals surface area contributed by atoms with E-state index in [1.807, 2.05) is 6.92 Å². The standard InChI is InChI=1S/C13H27N3O4/c1-4-15(5-2)8-7-9-16(6-3)13(20)14-10-11(17)12(18)19/h11,17H,4-10H2,1-3H3,(H,14,20)(H,18,19). The summed E-state index contributed by atoms with van der Waals surface area (Å²) in [6.45, 7) is 9.84. The van der Waals surface area contributed by atoms with Crippen LogP contribution < -0.4 is 5.32 Å². The van der Waals surface area contributed by atoms with Gasteiger partial charge in [-0.3, -0.25) is 0 Å². The lowest BCUT2D eigenvalue weighted by atomic mass is 10.3. The zero-order chi connectivity index (χ0) is 15.5. The molecule has 0 aliphatic heterocycles. The van der Waals surface area contributed by atoms with Crippen molar-refractivity contribution in [1.82, 2.24) is 15.1 Å². The maximum absolute atomic E-state index is 11.8. The van der Waals surface area contributed by atoms with Crippen LogP contribution in [0.1, 0.15) is 27.2 Å². The van der Waals surface area contributed by atoms with Gasteiger partial charge in [0.1, 0.15) is 0 Å². The van der Waals surface area contributed by atoms with E-state index in [0.717, 1.165) is 26.1 Å². The van der Waals surface area contributed by atoms with Crippen molar-refractivity contribution in [3.05, 3.63) is 0 Å². The van der Waals surface area contributed by atoms with Crippen LogP contribution in [0.5, 0.6) is 0 Å². The lowest BCUT2D eigenvalue weighted by molar-refractivity contribution is -0.146. The summed E-state index contributed by atoms with van der Waals surface area (Å²) in [5.41, 5.74) is 0. The number of aliphatic hydroxyl groups excluding tert-OH is 1. The molecule has 0 saturated carbocycles. The zero-order valence-electron chi connectivity index (χ0n) is 12.6. The monoisotopic (exact) mass is 289 g/mol. The fourth-order valence-corrected chi connectivity index (χ4v) is 1.81. The number of nitrogens with one attached hydrogen (secondary N) is 1. The fraction of sp³-hybridized carbons (Fsp3) is 0.846. The number of hydrogen-bond donors (Lipinski definition) is 3. The Labute approximate surface area is 120 Å². The molecule has 0 spiro atoms. The highest BCUT2D eigenvalue weighted by atomic mass is 16.4. The number of carboxylic acid groups (broad SMARTS) is 1. The average molecular weight is 289 g/mol. The number of carboxylic acids is 1. The quantitative estimate of drug-likeness (QED) is 0.534. The molecule has 0 aliphatic carbocycles. The summed E-state index contributed by atoms with van der Waals surface area (Å²) < 4.78 is 0. The minimum atomic E-state index is -1.56. The second kappa shape index (κ2) is 10.4. The van der Waals surface area contributed by atoms with Crippen molar-refractivity contribution in [1.29, 1.82) is 0 Å². The Balaban J connectivity index is 4.05. The van der Waals surface area contributed by atoms with Crippen LogP contribution in [0.2, 0.25) is 0 Å². The first kappa shape index (κ1) is 18.7. The van der Waals surface area contributed by atoms with Crippen LogP contribution in [0, 0.1) is 0 Å². The molecule has 0 heterocycles. The van der Waals surface area contributed by atoms with Gasteiger partial charge in [-0.25, -0.2) is 9.59 Å². The van der Waals surface area contributed by atoms with Gasteiger partial charge in [0, 0.05) is 13.1 Å². The SMILES string of the molecule is CCN(CC)CCCN(CC)C(=O)NCC(O)C(=O)O. The number of hydrogen-bond acceptors (Lipinski definition) is 4. The molecule has 0 aromatic carbocycles. The molecule has 0 aromatic heterocycles. The molecule has 118 valence electrons. The number of aliphatic hydroxyl groups is 1. The van der Waals surface area contributed by atoms with Crippen LogP contribution in [0.4, 0.5) is 4.79 Å². The molecular weight excluding hydrogens is 262 g/mol. The molecule has 0 rings (SSSR count). The Hall–Kier alpha value is -1.34. The van der Waals surface area contributed by atoms with Crippen molar-refractivity contribution in [2.75, 3.05) is 39.3 Å². The van der Waals surface area contributed by atoms with E-state index in [9.17, 15) is 9.59 Å². The molecule has 0 saturated heterocycles. The topological polar surface area (TPSA) is 93.1 Å². The van der Waals surface area contributed by atoms with Crippen LogP contribution in [-0.2, 0) is 4.79 Å². The lowest BCUT2D eigenvalue weighted by Gasteiger charge is -2.24. The van der Waals surface area contributed by atoms with Crippen LogP contribution in [0.25, 0.3) is 0 Å². The van der Waals surface area contributed by atoms with Crippen LogP contribution in [-0.4, -0.2) is 77.4 Å². The number of rotatable bonds is 10. The lowest BCUT2D eigenvalue weighted by Crippen LogP contribution is -2.45. The van der Waals surface area contributed by atoms with Gasteiger partial charge in [0.15, 0.2) is 6.10 Å². The predicted octanol–water partition coefficient (Wildman–Crippen LogP) is 0.195. The highest BCUT2D eigenvalue weighted by Gasteiger charge is 2.17. The van der Waals surface area contributed by atoms with E-state index in [0.29, 0.717) is 13.1 Å². The molecule has 0 radical (unpaired) electrons. The maximum Gasteiger partial charge on any atom is 0.334 e. The Kier molecular flexibility index (Phi) is 9.75. The third-order valence-electron chi connectivity index (χ3n) is 3.20. The summed E-state index contributed by atoms with van der Waals surface area (Å²) >= 11 is 0. The Bertz CT molecular complexity index is 295. The first-order valence-corrected chi connectivity index (χ1v) is 7.12. The van der Waals surface area contributed by atoms with Gasteiger partial charge < -0.3 is 25.3 Å². The van der Waals surface area contributed by atoms with Gasteiger partial charge in [0.2, 0.25) is 0 Å². The zero-order valence-corrected chi connectivity index (χ0v) is 12.6. The molecule has 3 N–H and O–H groups in total. The van der Waals surface area contributed by atoms with E-state index in [2.05, 4.69) is 24.1 Å². The van der Waals surface area contributed by atoms with Gasteiger partial charge in [-0.1, -0.05) is 13.8 Å². The van der Waals surface area contributed by atoms with Crippen LogP contribution >= 0.6 is 0 Å². The Morgan fingerprint density at radius 3 is 2.15 bits per heavy atom. The van der Waals surface area contributed by atoms with E-state index < -0.39 is 12.1 Å². The summed E-state index contributed by atoms with van der Waals surface area (Å²) in [5, 5.41) is 20.1. The predicted molar refractivity (Wildman–Crippen MR) is 76.7 cm³/mol. The molecule has 0 aliphatic rings. The van der Waals surface area contributed by atoms with Crippen molar-refractivity contribution in [3.63, 3.8) is 0 Å². The number of carbonyl (C=O) groups excluding carboxylic acids is 1. The first-order valence-electron chi connectivity index (χ1n) is 7.12. The number of amides is 2. The van der Waals surface area contributed by atoms with Crippen molar-refractivity contribution in [3.8, 4) is 0 Å². The van der Waals surface area contributed by atoms with Crippen molar-refractivity contribution in [2.45, 2.75) is 33.3 Å². The van der Waals surface area contributed by atoms with E-state index in [1.165, 1.54) is 0 Å². The molecule has 0 bridgehead atoms. The summed E-state index contributed by atoms with van der Waals surface area (Å²) in [6, 6.07) is -0.340. The minimum absolute atomic E-state index is 0.277. The first-order chi connectivity index (χ1) is 9.46. The molecule has 2 amide bonds. The molecule has 1 atom stereocenters. The van der Waals surface area contributed by atoms with Gasteiger partial charge >= 0.3 is 12.0 Å². The van der Waals surface area contributed by atoms with Gasteiger partial charge in [0.25, 0.3) is 0 Å². The molecule has 1 unspecified atom stereocenters. The number of urea groups is 1. The number of aliphatic carboxylic acids is 1. The third-order valence-corrected chi connectivity index (χ3v) is 3.20. The molecule has 20 heavy (non-hydrogen) atoms. The number of nitrogens with zero attached hydrogens (tertiary/aromatic N) is 2. The van der Waals surface area contributed by atoms with Crippen molar-refractivity contribution in [2.24, 2.45) is 0 Å². The molecule has 0 aromatic rings. The fourth-order valence-electron chi connectivity index (χ4n) is 1.81. The van der Waals surface area contributed by atoms with E-state index in [4.69, 9.17) is 10.2 Å². The maximum atomic E-state index is 11.8. The second-order valence-corrected chi connectivity index (χ2v) is 4.50. The summed E-state index contributed by atoms with van der Waals surface area (Å²) in [5.74, 6) is -1.34. The molecule has 0 fully saturated rings. The summed E-state index contributed by atoms with van der Waals surface area (Å²) in [4.78, 5) is 26.1. The Morgan fingerprint density at radius 1 is 1.10 bits per heavy atom. The van der Waals surface area contributed by atoms with Gasteiger partial charge in [-0.05, 0) is 33.0 Å². The molecule has 7 nitrogen and oxygen atoms in total. The van der Waals surface area contributed by atoms with Gasteiger partial charge in [-0.15, -0.1) is 0 Å². The largest absolute Gasteiger partial charge is 0.479 e. The van der Waals surface area contributed by atoms with Crippen molar-refractivity contribution < 1.29 is 19.8 Å². The molecular formula is C13H27N3O4. The molecule has 7 heteroatoms. The third kappa shape index (κ3) is 7.30. The highest BCUT2D eigenvalue weighted by Crippen LogP contribution is 1.96. The minimum Gasteiger partial charge on any atom is -0.479 e. The Morgan fingerprint density at radius 2 is 1.70 bits per heavy atom. The van der Waals surface area contributed by atoms with Crippen LogP contribution in [0.3, 0.4) is 0 Å². The van der Waals surface area contributed by atoms with Gasteiger partial charge in [0.05, 0.1) is 6.54 Å². The normalized spacial score (nSPS) is 12.2. The summed E-state index contributed by atoms with van der Waals surface area (Å²) in [6.07, 6.45) is -0.696. The van der Waals surface area contributed by atoms with Crippen molar-refractivity contribution >= 4 is 12.0 Å². The van der Waals surface area contributed by atoms with Crippen LogP contribution in [0.15, 0.2) is 0 Å². The summed E-state index contributed by atoms with van der Waals surface area (Å²) in [7, 11) is 0. The number of carbonyl (C=O) groups is 2. The van der Waals surface area contributed by atoms with E-state index in [-0.39, 0.29) is 12.6 Å².